The molecule has 1 aromatic carbocycles. The van der Waals surface area contributed by atoms with Gasteiger partial charge in [0.1, 0.15) is 11.6 Å². The Morgan fingerprint density at radius 3 is 2.76 bits per heavy atom. The Kier molecular flexibility index (Phi) is 4.37. The van der Waals surface area contributed by atoms with E-state index in [9.17, 15) is 9.18 Å². The van der Waals surface area contributed by atoms with Gasteiger partial charge in [-0.3, -0.25) is 4.79 Å². The summed E-state index contributed by atoms with van der Waals surface area (Å²) >= 11 is 5.66. The molecule has 21 heavy (non-hydrogen) atoms. The number of halogens is 2. The van der Waals surface area contributed by atoms with Crippen LogP contribution in [-0.2, 0) is 0 Å². The van der Waals surface area contributed by atoms with E-state index >= 15 is 0 Å². The molecule has 110 valence electrons. The molecule has 2 aromatic rings. The Morgan fingerprint density at radius 1 is 1.43 bits per heavy atom. The first-order valence-corrected chi connectivity index (χ1v) is 6.65. The second-order valence-corrected chi connectivity index (χ2v) is 5.18. The lowest BCUT2D eigenvalue weighted by Crippen LogP contribution is -2.18. The molecule has 0 saturated heterocycles. The number of hydrogen-bond donors (Lipinski definition) is 2. The van der Waals surface area contributed by atoms with Crippen molar-refractivity contribution in [3.63, 3.8) is 0 Å². The second-order valence-electron chi connectivity index (χ2n) is 4.77. The topological polar surface area (TPSA) is 80.9 Å². The van der Waals surface area contributed by atoms with Gasteiger partial charge in [-0.05, 0) is 18.2 Å². The van der Waals surface area contributed by atoms with Crippen LogP contribution in [0.3, 0.4) is 0 Å². The lowest BCUT2D eigenvalue weighted by molar-refractivity contribution is 0.102. The summed E-state index contributed by atoms with van der Waals surface area (Å²) in [6.07, 6.45) is 1.40. The van der Waals surface area contributed by atoms with Crippen molar-refractivity contribution in [3.05, 3.63) is 46.8 Å². The summed E-state index contributed by atoms with van der Waals surface area (Å²) < 4.78 is 13.1. The van der Waals surface area contributed by atoms with Crippen LogP contribution < -0.4 is 11.1 Å². The Labute approximate surface area is 126 Å². The fourth-order valence-electron chi connectivity index (χ4n) is 1.63. The van der Waals surface area contributed by atoms with Crippen molar-refractivity contribution in [2.24, 2.45) is 0 Å². The zero-order chi connectivity index (χ0) is 15.6. The monoisotopic (exact) mass is 308 g/mol. The molecule has 0 fully saturated rings. The number of nitrogens with one attached hydrogen (secondary N) is 1. The van der Waals surface area contributed by atoms with Gasteiger partial charge >= 0.3 is 0 Å². The number of carbonyl (C=O) groups is 1. The molecule has 1 heterocycles. The van der Waals surface area contributed by atoms with Gasteiger partial charge < -0.3 is 11.1 Å². The fraction of sp³-hybridized carbons (Fsp3) is 0.214. The average Bonchev–Trinajstić information content (AvgIpc) is 2.43. The number of anilines is 2. The summed E-state index contributed by atoms with van der Waals surface area (Å²) in [5, 5.41) is 2.50. The van der Waals surface area contributed by atoms with E-state index in [2.05, 4.69) is 15.3 Å². The van der Waals surface area contributed by atoms with Crippen molar-refractivity contribution in [3.8, 4) is 0 Å². The number of nitrogen functional groups attached to an aromatic ring is 1. The first kappa shape index (κ1) is 15.2. The minimum absolute atomic E-state index is 0.0671. The summed E-state index contributed by atoms with van der Waals surface area (Å²) in [5.74, 6) is -0.471. The third kappa shape index (κ3) is 3.46. The zero-order valence-electron chi connectivity index (χ0n) is 11.5. The van der Waals surface area contributed by atoms with E-state index < -0.39 is 11.7 Å². The Morgan fingerprint density at radius 2 is 2.14 bits per heavy atom. The standard InChI is InChI=1S/C14H14ClFN4O/c1-7(2)13-18-6-11(17)12(20-13)14(21)19-8-3-4-10(16)9(15)5-8/h3-7H,17H2,1-2H3,(H,19,21). The molecule has 5 nitrogen and oxygen atoms in total. The van der Waals surface area contributed by atoms with Crippen LogP contribution in [0.5, 0.6) is 0 Å². The van der Waals surface area contributed by atoms with Crippen molar-refractivity contribution in [1.82, 2.24) is 9.97 Å². The number of carbonyl (C=O) groups excluding carboxylic acids is 1. The average molecular weight is 309 g/mol. The quantitative estimate of drug-likeness (QED) is 0.912. The van der Waals surface area contributed by atoms with Gasteiger partial charge in [-0.2, -0.15) is 0 Å². The van der Waals surface area contributed by atoms with Gasteiger partial charge in [0.15, 0.2) is 5.69 Å². The van der Waals surface area contributed by atoms with E-state index in [0.29, 0.717) is 11.5 Å². The fourth-order valence-corrected chi connectivity index (χ4v) is 1.81. The highest BCUT2D eigenvalue weighted by Crippen LogP contribution is 2.21. The van der Waals surface area contributed by atoms with Crippen molar-refractivity contribution >= 4 is 28.9 Å². The molecule has 3 N–H and O–H groups in total. The second kappa shape index (κ2) is 6.05. The van der Waals surface area contributed by atoms with E-state index in [1.54, 1.807) is 0 Å². The molecule has 0 aliphatic rings. The van der Waals surface area contributed by atoms with Crippen molar-refractivity contribution in [2.45, 2.75) is 19.8 Å². The largest absolute Gasteiger partial charge is 0.396 e. The SMILES string of the molecule is CC(C)c1ncc(N)c(C(=O)Nc2ccc(F)c(Cl)c2)n1. The van der Waals surface area contributed by atoms with E-state index in [1.807, 2.05) is 13.8 Å². The van der Waals surface area contributed by atoms with E-state index in [0.717, 1.165) is 0 Å². The van der Waals surface area contributed by atoms with Gasteiger partial charge in [-0.25, -0.2) is 14.4 Å². The first-order chi connectivity index (χ1) is 9.88. The summed E-state index contributed by atoms with van der Waals surface area (Å²) in [5.41, 5.74) is 6.33. The molecule has 0 radical (unpaired) electrons. The van der Waals surface area contributed by atoms with Crippen LogP contribution in [0.1, 0.15) is 36.1 Å². The minimum Gasteiger partial charge on any atom is -0.396 e. The highest BCUT2D eigenvalue weighted by atomic mass is 35.5. The molecule has 0 aliphatic heterocycles. The van der Waals surface area contributed by atoms with Gasteiger partial charge in [-0.1, -0.05) is 25.4 Å². The summed E-state index contributed by atoms with van der Waals surface area (Å²) in [4.78, 5) is 20.4. The molecule has 1 amide bonds. The lowest BCUT2D eigenvalue weighted by Gasteiger charge is -2.10. The maximum absolute atomic E-state index is 13.1. The highest BCUT2D eigenvalue weighted by Gasteiger charge is 2.15. The molecule has 2 rings (SSSR count). The molecule has 7 heteroatoms. The summed E-state index contributed by atoms with van der Waals surface area (Å²) in [6.45, 7) is 3.82. The molecule has 0 aliphatic carbocycles. The Bertz CT molecular complexity index is 691. The molecule has 0 spiro atoms. The van der Waals surface area contributed by atoms with Crippen molar-refractivity contribution in [1.29, 1.82) is 0 Å². The normalized spacial score (nSPS) is 10.7. The number of nitrogens with zero attached hydrogens (tertiary/aromatic N) is 2. The summed E-state index contributed by atoms with van der Waals surface area (Å²) in [7, 11) is 0. The highest BCUT2D eigenvalue weighted by molar-refractivity contribution is 6.31. The predicted molar refractivity (Wildman–Crippen MR) is 79.9 cm³/mol. The Balaban J connectivity index is 2.27. The predicted octanol–water partition coefficient (Wildman–Crippen LogP) is 3.23. The maximum Gasteiger partial charge on any atom is 0.276 e. The van der Waals surface area contributed by atoms with Gasteiger partial charge in [0.05, 0.1) is 16.9 Å². The number of nitrogens with two attached hydrogens (primary N) is 1. The van der Waals surface area contributed by atoms with Crippen LogP contribution in [0.25, 0.3) is 0 Å². The molecule has 1 aromatic heterocycles. The molecular formula is C14H14ClFN4O. The minimum atomic E-state index is -0.557. The van der Waals surface area contributed by atoms with Crippen LogP contribution in [0.4, 0.5) is 15.8 Å². The number of amides is 1. The van der Waals surface area contributed by atoms with Crippen LogP contribution in [-0.4, -0.2) is 15.9 Å². The maximum atomic E-state index is 13.1. The van der Waals surface area contributed by atoms with E-state index in [4.69, 9.17) is 17.3 Å². The van der Waals surface area contributed by atoms with Crippen LogP contribution in [0, 0.1) is 5.82 Å². The van der Waals surface area contributed by atoms with Crippen LogP contribution in [0.15, 0.2) is 24.4 Å². The lowest BCUT2D eigenvalue weighted by atomic mass is 10.2. The van der Waals surface area contributed by atoms with Gasteiger partial charge in [0.2, 0.25) is 0 Å². The van der Waals surface area contributed by atoms with Crippen LogP contribution in [0.2, 0.25) is 5.02 Å². The van der Waals surface area contributed by atoms with E-state index in [1.165, 1.54) is 24.4 Å². The molecule has 0 bridgehead atoms. The molecule has 0 saturated carbocycles. The third-order valence-corrected chi connectivity index (χ3v) is 3.03. The number of hydrogen-bond acceptors (Lipinski definition) is 4. The van der Waals surface area contributed by atoms with Crippen molar-refractivity contribution < 1.29 is 9.18 Å². The van der Waals surface area contributed by atoms with Gasteiger partial charge in [0, 0.05) is 11.6 Å². The molecular weight excluding hydrogens is 295 g/mol. The number of aromatic nitrogens is 2. The Hall–Kier alpha value is -2.21. The smallest absolute Gasteiger partial charge is 0.276 e. The number of rotatable bonds is 3. The van der Waals surface area contributed by atoms with Crippen LogP contribution >= 0.6 is 11.6 Å². The van der Waals surface area contributed by atoms with Gasteiger partial charge in [0.25, 0.3) is 5.91 Å². The molecule has 0 atom stereocenters. The first-order valence-electron chi connectivity index (χ1n) is 6.27. The van der Waals surface area contributed by atoms with Crippen molar-refractivity contribution in [2.75, 3.05) is 11.1 Å². The molecule has 0 unspecified atom stereocenters. The van der Waals surface area contributed by atoms with Gasteiger partial charge in [-0.15, -0.1) is 0 Å². The number of benzene rings is 1. The van der Waals surface area contributed by atoms with E-state index in [-0.39, 0.29) is 22.3 Å². The third-order valence-electron chi connectivity index (χ3n) is 2.74. The summed E-state index contributed by atoms with van der Waals surface area (Å²) in [6, 6.07) is 3.89. The zero-order valence-corrected chi connectivity index (χ0v) is 12.3.